The predicted octanol–water partition coefficient (Wildman–Crippen LogP) is 4.95. The Balaban J connectivity index is 1.99. The number of nitrogens with one attached hydrogen (secondary N) is 1. The molecule has 1 N–H and O–H groups in total. The molecule has 0 atom stereocenters. The van der Waals surface area contributed by atoms with E-state index in [1.807, 2.05) is 30.3 Å². The summed E-state index contributed by atoms with van der Waals surface area (Å²) in [6.07, 6.45) is 1.31. The largest absolute Gasteiger partial charge is 0.354 e. The number of rotatable bonds is 4. The fourth-order valence-electron chi connectivity index (χ4n) is 2.87. The Kier molecular flexibility index (Phi) is 4.33. The molecule has 1 heterocycles. The molecule has 0 radical (unpaired) electrons. The summed E-state index contributed by atoms with van der Waals surface area (Å²) < 4.78 is 40.3. The highest BCUT2D eigenvalue weighted by molar-refractivity contribution is 7.91. The van der Waals surface area contributed by atoms with Gasteiger partial charge in [-0.2, -0.15) is 0 Å². The molecule has 27 heavy (non-hydrogen) atoms. The number of hydrogen-bond acceptors (Lipinski definition) is 4. The summed E-state index contributed by atoms with van der Waals surface area (Å²) in [6.45, 7) is 0. The molecule has 0 aliphatic heterocycles. The molecule has 3 aromatic carbocycles. The lowest BCUT2D eigenvalue weighted by Crippen LogP contribution is -2.07. The third-order valence-electron chi connectivity index (χ3n) is 4.18. The molecule has 1 aromatic heterocycles. The molecule has 0 bridgehead atoms. The number of hydrogen-bond donors (Lipinski definition) is 1. The lowest BCUT2D eigenvalue weighted by molar-refractivity contribution is 0.596. The molecule has 6 heteroatoms. The summed E-state index contributed by atoms with van der Waals surface area (Å²) in [5, 5.41) is 3.53. The topological polar surface area (TPSA) is 59.1 Å². The molecule has 0 aliphatic rings. The van der Waals surface area contributed by atoms with E-state index in [0.29, 0.717) is 22.3 Å². The summed E-state index contributed by atoms with van der Waals surface area (Å²) in [7, 11) is -3.84. The van der Waals surface area contributed by atoms with Crippen LogP contribution in [0.3, 0.4) is 0 Å². The Hall–Kier alpha value is -3.25. The number of anilines is 2. The monoisotopic (exact) mass is 378 g/mol. The van der Waals surface area contributed by atoms with E-state index in [1.54, 1.807) is 18.2 Å². The second-order valence-electron chi connectivity index (χ2n) is 5.97. The van der Waals surface area contributed by atoms with E-state index >= 15 is 0 Å². The maximum absolute atomic E-state index is 13.9. The van der Waals surface area contributed by atoms with Crippen molar-refractivity contribution in [1.29, 1.82) is 0 Å². The molecule has 0 fully saturated rings. The lowest BCUT2D eigenvalue weighted by atomic mass is 10.1. The van der Waals surface area contributed by atoms with E-state index < -0.39 is 15.7 Å². The summed E-state index contributed by atoms with van der Waals surface area (Å²) in [5.74, 6) is -0.463. The Morgan fingerprint density at radius 2 is 1.52 bits per heavy atom. The van der Waals surface area contributed by atoms with Gasteiger partial charge in [-0.15, -0.1) is 0 Å². The average molecular weight is 378 g/mol. The van der Waals surface area contributed by atoms with Crippen LogP contribution in [0.2, 0.25) is 0 Å². The van der Waals surface area contributed by atoms with Gasteiger partial charge in [0.15, 0.2) is 0 Å². The first-order valence-corrected chi connectivity index (χ1v) is 9.74. The normalized spacial score (nSPS) is 11.4. The zero-order valence-electron chi connectivity index (χ0n) is 14.1. The molecular weight excluding hydrogens is 363 g/mol. The average Bonchev–Trinajstić information content (AvgIpc) is 2.69. The number of halogens is 1. The zero-order chi connectivity index (χ0) is 18.9. The van der Waals surface area contributed by atoms with Gasteiger partial charge in [0.1, 0.15) is 10.7 Å². The van der Waals surface area contributed by atoms with Crippen molar-refractivity contribution in [2.75, 3.05) is 5.32 Å². The van der Waals surface area contributed by atoms with Crippen LogP contribution in [0.4, 0.5) is 15.8 Å². The van der Waals surface area contributed by atoms with Crippen molar-refractivity contribution in [3.05, 3.63) is 90.9 Å². The van der Waals surface area contributed by atoms with Crippen molar-refractivity contribution in [3.63, 3.8) is 0 Å². The maximum atomic E-state index is 13.9. The van der Waals surface area contributed by atoms with E-state index in [0.717, 1.165) is 0 Å². The fraction of sp³-hybridized carbons (Fsp3) is 0. The number of pyridine rings is 1. The zero-order valence-corrected chi connectivity index (χ0v) is 14.9. The van der Waals surface area contributed by atoms with E-state index in [9.17, 15) is 12.8 Å². The first-order chi connectivity index (χ1) is 13.1. The minimum atomic E-state index is -3.84. The Bertz CT molecular complexity index is 1210. The van der Waals surface area contributed by atoms with Crippen molar-refractivity contribution in [2.45, 2.75) is 9.79 Å². The van der Waals surface area contributed by atoms with Gasteiger partial charge < -0.3 is 5.32 Å². The quantitative estimate of drug-likeness (QED) is 0.546. The smallest absolute Gasteiger partial charge is 0.210 e. The third-order valence-corrected chi connectivity index (χ3v) is 5.96. The highest BCUT2D eigenvalue weighted by Gasteiger charge is 2.24. The molecule has 4 nitrogen and oxygen atoms in total. The van der Waals surface area contributed by atoms with E-state index in [4.69, 9.17) is 0 Å². The summed E-state index contributed by atoms with van der Waals surface area (Å²) in [6, 6.07) is 21.4. The highest BCUT2D eigenvalue weighted by Crippen LogP contribution is 2.35. The van der Waals surface area contributed by atoms with Gasteiger partial charge >= 0.3 is 0 Å². The van der Waals surface area contributed by atoms with Gasteiger partial charge in [-0.25, -0.2) is 12.8 Å². The molecule has 0 saturated carbocycles. The number of para-hydroxylation sites is 1. The van der Waals surface area contributed by atoms with Crippen molar-refractivity contribution in [3.8, 4) is 0 Å². The van der Waals surface area contributed by atoms with Crippen LogP contribution < -0.4 is 5.32 Å². The van der Waals surface area contributed by atoms with E-state index in [2.05, 4.69) is 10.3 Å². The molecule has 0 saturated heterocycles. The van der Waals surface area contributed by atoms with Gasteiger partial charge in [0.25, 0.3) is 0 Å². The number of fused-ring (bicyclic) bond motifs is 1. The van der Waals surface area contributed by atoms with Crippen LogP contribution in [0.1, 0.15) is 0 Å². The van der Waals surface area contributed by atoms with Crippen LogP contribution in [0, 0.1) is 5.82 Å². The SMILES string of the molecule is O=S(=O)(c1ccccc1)c1cnc2ccc(F)cc2c1Nc1ccccc1. The Morgan fingerprint density at radius 3 is 2.22 bits per heavy atom. The van der Waals surface area contributed by atoms with Gasteiger partial charge in [0, 0.05) is 17.3 Å². The van der Waals surface area contributed by atoms with Gasteiger partial charge in [0.05, 0.1) is 16.1 Å². The second-order valence-corrected chi connectivity index (χ2v) is 7.88. The van der Waals surface area contributed by atoms with Gasteiger partial charge in [-0.1, -0.05) is 36.4 Å². The lowest BCUT2D eigenvalue weighted by Gasteiger charge is -2.15. The Morgan fingerprint density at radius 1 is 0.852 bits per heavy atom. The molecule has 4 rings (SSSR count). The molecule has 4 aromatic rings. The summed E-state index contributed by atoms with van der Waals surface area (Å²) in [4.78, 5) is 4.38. The number of sulfone groups is 1. The summed E-state index contributed by atoms with van der Waals surface area (Å²) in [5.41, 5.74) is 1.50. The maximum Gasteiger partial charge on any atom is 0.210 e. The van der Waals surface area contributed by atoms with Gasteiger partial charge in [-0.05, 0) is 42.5 Å². The van der Waals surface area contributed by atoms with Gasteiger partial charge in [0.2, 0.25) is 9.84 Å². The van der Waals surface area contributed by atoms with Crippen LogP contribution in [0.15, 0.2) is 94.9 Å². The van der Waals surface area contributed by atoms with E-state index in [1.165, 1.54) is 36.5 Å². The first kappa shape index (κ1) is 17.2. The van der Waals surface area contributed by atoms with Crippen LogP contribution in [-0.2, 0) is 9.84 Å². The molecule has 134 valence electrons. The van der Waals surface area contributed by atoms with Crippen LogP contribution in [0.5, 0.6) is 0 Å². The number of aromatic nitrogens is 1. The van der Waals surface area contributed by atoms with Crippen LogP contribution >= 0.6 is 0 Å². The molecular formula is C21H15FN2O2S. The number of nitrogens with zero attached hydrogens (tertiary/aromatic N) is 1. The van der Waals surface area contributed by atoms with Crippen molar-refractivity contribution in [1.82, 2.24) is 4.98 Å². The molecule has 0 spiro atoms. The first-order valence-electron chi connectivity index (χ1n) is 8.26. The standard InChI is InChI=1S/C21H15FN2O2S/c22-15-11-12-19-18(13-15)21(24-16-7-3-1-4-8-16)20(14-23-19)27(25,26)17-9-5-2-6-10-17/h1-14H,(H,23,24). The minimum absolute atomic E-state index is 0.00402. The number of benzene rings is 3. The van der Waals surface area contributed by atoms with E-state index in [-0.39, 0.29) is 9.79 Å². The van der Waals surface area contributed by atoms with Gasteiger partial charge in [-0.3, -0.25) is 4.98 Å². The van der Waals surface area contributed by atoms with Crippen molar-refractivity contribution >= 4 is 32.1 Å². The highest BCUT2D eigenvalue weighted by atomic mass is 32.2. The second kappa shape index (κ2) is 6.81. The molecule has 0 amide bonds. The van der Waals surface area contributed by atoms with Crippen LogP contribution in [-0.4, -0.2) is 13.4 Å². The van der Waals surface area contributed by atoms with Crippen LogP contribution in [0.25, 0.3) is 10.9 Å². The minimum Gasteiger partial charge on any atom is -0.354 e. The fourth-order valence-corrected chi connectivity index (χ4v) is 4.26. The summed E-state index contributed by atoms with van der Waals surface area (Å²) >= 11 is 0. The predicted molar refractivity (Wildman–Crippen MR) is 103 cm³/mol. The van der Waals surface area contributed by atoms with Crippen molar-refractivity contribution in [2.24, 2.45) is 0 Å². The Labute approximate surface area is 156 Å². The molecule has 0 aliphatic carbocycles. The third kappa shape index (κ3) is 3.27. The van der Waals surface area contributed by atoms with Crippen molar-refractivity contribution < 1.29 is 12.8 Å². The molecule has 0 unspecified atom stereocenters.